The maximum absolute atomic E-state index is 13.8. The first-order valence-electron chi connectivity index (χ1n) is 9.16. The van der Waals surface area contributed by atoms with Crippen LogP contribution in [0.5, 0.6) is 0 Å². The third-order valence-electron chi connectivity index (χ3n) is 4.73. The van der Waals surface area contributed by atoms with Gasteiger partial charge in [-0.2, -0.15) is 0 Å². The Morgan fingerprint density at radius 2 is 2.16 bits per heavy atom. The van der Waals surface area contributed by atoms with E-state index in [-0.39, 0.29) is 22.8 Å². The minimum Gasteiger partial charge on any atom is -0.365 e. The van der Waals surface area contributed by atoms with E-state index >= 15 is 0 Å². The molecule has 6 nitrogen and oxygen atoms in total. The van der Waals surface area contributed by atoms with Crippen molar-refractivity contribution in [2.75, 3.05) is 5.32 Å². The van der Waals surface area contributed by atoms with E-state index in [1.165, 1.54) is 0 Å². The summed E-state index contributed by atoms with van der Waals surface area (Å²) in [4.78, 5) is 28.5. The number of nitrogens with one attached hydrogen (secondary N) is 1. The number of halogens is 4. The van der Waals surface area contributed by atoms with Crippen LogP contribution in [0.3, 0.4) is 0 Å². The Morgan fingerprint density at radius 3 is 2.84 bits per heavy atom. The molecule has 3 aromatic rings. The number of nitrogens with zero attached hydrogens (tertiary/aromatic N) is 2. The number of carbonyl (C=O) groups excluding carboxylic acids is 1. The topological polar surface area (TPSA) is 73.2 Å². The number of hydrogen-bond acceptors (Lipinski definition) is 5. The van der Waals surface area contributed by atoms with Gasteiger partial charge in [0.1, 0.15) is 0 Å². The highest BCUT2D eigenvalue weighted by molar-refractivity contribution is 7.18. The Bertz CT molecular complexity index is 1160. The van der Waals surface area contributed by atoms with Gasteiger partial charge in [0.25, 0.3) is 17.9 Å². The largest absolute Gasteiger partial charge is 0.365 e. The fraction of sp³-hybridized carbons (Fsp3) is 0.250. The number of pyridine rings is 2. The van der Waals surface area contributed by atoms with Crippen molar-refractivity contribution in [3.63, 3.8) is 0 Å². The standard InChI is InChI=1S/C20H15ClF3N3O3S/c21-18-12(15-6-14(30-15)10-2-1-3-25-7-10)5-16(31-18)19(28)26-11-4-13(22)20(29)27(8-11)9-17(23)24/h1-5,7-8,14-15,17H,6,9H2,(H,26,28). The van der Waals surface area contributed by atoms with E-state index in [9.17, 15) is 22.8 Å². The van der Waals surface area contributed by atoms with Gasteiger partial charge < -0.3 is 14.6 Å². The average Bonchev–Trinajstić information content (AvgIpc) is 3.06. The van der Waals surface area contributed by atoms with Crippen LogP contribution in [0, 0.1) is 5.82 Å². The third kappa shape index (κ3) is 4.65. The van der Waals surface area contributed by atoms with Crippen LogP contribution in [0.25, 0.3) is 0 Å². The fourth-order valence-corrected chi connectivity index (χ4v) is 4.48. The monoisotopic (exact) mass is 469 g/mol. The number of anilines is 1. The van der Waals surface area contributed by atoms with Crippen LogP contribution < -0.4 is 10.9 Å². The zero-order chi connectivity index (χ0) is 22.1. The van der Waals surface area contributed by atoms with Gasteiger partial charge in [0.15, 0.2) is 5.82 Å². The fourth-order valence-electron chi connectivity index (χ4n) is 3.22. The highest BCUT2D eigenvalue weighted by Gasteiger charge is 2.35. The number of rotatable bonds is 6. The normalized spacial score (nSPS) is 18.1. The summed E-state index contributed by atoms with van der Waals surface area (Å²) in [6.45, 7) is -0.981. The Balaban J connectivity index is 1.46. The Kier molecular flexibility index (Phi) is 6.12. The van der Waals surface area contributed by atoms with Crippen LogP contribution in [0.15, 0.2) is 47.7 Å². The maximum atomic E-state index is 13.8. The second-order valence-electron chi connectivity index (χ2n) is 6.85. The van der Waals surface area contributed by atoms with Crippen LogP contribution in [-0.2, 0) is 11.3 Å². The molecule has 1 aliphatic rings. The van der Waals surface area contributed by atoms with Gasteiger partial charge >= 0.3 is 0 Å². The van der Waals surface area contributed by atoms with Gasteiger partial charge in [-0.15, -0.1) is 11.3 Å². The van der Waals surface area contributed by atoms with Crippen molar-refractivity contribution in [2.45, 2.75) is 31.6 Å². The summed E-state index contributed by atoms with van der Waals surface area (Å²) in [5.41, 5.74) is 0.297. The SMILES string of the molecule is O=C(Nc1cc(F)c(=O)n(CC(F)F)c1)c1cc(C2CC(c3cccnc3)O2)c(Cl)s1. The van der Waals surface area contributed by atoms with Crippen molar-refractivity contribution in [1.82, 2.24) is 9.55 Å². The van der Waals surface area contributed by atoms with E-state index < -0.39 is 30.3 Å². The lowest BCUT2D eigenvalue weighted by Gasteiger charge is -2.36. The highest BCUT2D eigenvalue weighted by Crippen LogP contribution is 2.48. The van der Waals surface area contributed by atoms with E-state index in [1.807, 2.05) is 12.1 Å². The lowest BCUT2D eigenvalue weighted by molar-refractivity contribution is -0.130. The molecule has 2 unspecified atom stereocenters. The lowest BCUT2D eigenvalue weighted by Crippen LogP contribution is -2.26. The molecule has 0 radical (unpaired) electrons. The zero-order valence-electron chi connectivity index (χ0n) is 15.7. The van der Waals surface area contributed by atoms with Gasteiger partial charge in [0.2, 0.25) is 0 Å². The lowest BCUT2D eigenvalue weighted by atomic mass is 9.95. The van der Waals surface area contributed by atoms with Crippen molar-refractivity contribution in [3.8, 4) is 0 Å². The van der Waals surface area contributed by atoms with Gasteiger partial charge in [-0.3, -0.25) is 14.6 Å². The minimum absolute atomic E-state index is 0.106. The third-order valence-corrected chi connectivity index (χ3v) is 6.12. The molecule has 1 saturated heterocycles. The summed E-state index contributed by atoms with van der Waals surface area (Å²) < 4.78 is 45.7. The molecule has 0 saturated carbocycles. The summed E-state index contributed by atoms with van der Waals surface area (Å²) >= 11 is 7.30. The number of carbonyl (C=O) groups is 1. The van der Waals surface area contributed by atoms with Crippen LogP contribution in [-0.4, -0.2) is 21.9 Å². The van der Waals surface area contributed by atoms with Crippen LogP contribution >= 0.6 is 22.9 Å². The first kappa shape index (κ1) is 21.5. The van der Waals surface area contributed by atoms with Gasteiger partial charge in [-0.25, -0.2) is 13.2 Å². The number of thiophene rings is 1. The van der Waals surface area contributed by atoms with E-state index in [2.05, 4.69) is 10.3 Å². The molecule has 4 rings (SSSR count). The molecule has 0 aromatic carbocycles. The summed E-state index contributed by atoms with van der Waals surface area (Å²) in [7, 11) is 0. The van der Waals surface area contributed by atoms with Crippen molar-refractivity contribution in [2.24, 2.45) is 0 Å². The number of alkyl halides is 2. The molecule has 1 amide bonds. The summed E-state index contributed by atoms with van der Waals surface area (Å²) in [6, 6.07) is 6.09. The predicted octanol–water partition coefficient (Wildman–Crippen LogP) is 4.82. The van der Waals surface area contributed by atoms with Crippen LogP contribution in [0.1, 0.15) is 39.4 Å². The van der Waals surface area contributed by atoms with Gasteiger partial charge in [-0.05, 0) is 17.7 Å². The summed E-state index contributed by atoms with van der Waals surface area (Å²) in [5.74, 6) is -1.85. The van der Waals surface area contributed by atoms with E-state index in [0.717, 1.165) is 29.2 Å². The molecular formula is C20H15ClF3N3O3S. The smallest absolute Gasteiger partial charge is 0.286 e. The highest BCUT2D eigenvalue weighted by atomic mass is 35.5. The average molecular weight is 470 g/mol. The second-order valence-corrected chi connectivity index (χ2v) is 8.51. The Morgan fingerprint density at radius 1 is 1.39 bits per heavy atom. The second kappa shape index (κ2) is 8.81. The first-order chi connectivity index (χ1) is 14.8. The molecule has 3 aromatic heterocycles. The van der Waals surface area contributed by atoms with Crippen LogP contribution in [0.2, 0.25) is 4.34 Å². The number of amides is 1. The van der Waals surface area contributed by atoms with Crippen molar-refractivity contribution >= 4 is 34.5 Å². The molecule has 0 spiro atoms. The number of hydrogen-bond donors (Lipinski definition) is 1. The predicted molar refractivity (Wildman–Crippen MR) is 109 cm³/mol. The summed E-state index contributed by atoms with van der Waals surface area (Å²) in [6.07, 6.45) is 1.81. The number of aromatic nitrogens is 2. The number of ether oxygens (including phenoxy) is 1. The minimum atomic E-state index is -2.85. The van der Waals surface area contributed by atoms with Gasteiger partial charge in [0, 0.05) is 36.6 Å². The quantitative estimate of drug-likeness (QED) is 0.562. The summed E-state index contributed by atoms with van der Waals surface area (Å²) in [5, 5.41) is 2.41. The Hall–Kier alpha value is -2.69. The first-order valence-corrected chi connectivity index (χ1v) is 10.4. The molecule has 11 heteroatoms. The molecule has 1 fully saturated rings. The van der Waals surface area contributed by atoms with E-state index in [0.29, 0.717) is 20.9 Å². The Labute approximate surface area is 183 Å². The van der Waals surface area contributed by atoms with E-state index in [1.54, 1.807) is 18.5 Å². The molecule has 1 N–H and O–H groups in total. The van der Waals surface area contributed by atoms with Crippen molar-refractivity contribution in [1.29, 1.82) is 0 Å². The molecular weight excluding hydrogens is 455 g/mol. The molecule has 162 valence electrons. The molecule has 0 bridgehead atoms. The van der Waals surface area contributed by atoms with Crippen LogP contribution in [0.4, 0.5) is 18.9 Å². The van der Waals surface area contributed by atoms with Gasteiger partial charge in [-0.1, -0.05) is 17.7 Å². The van der Waals surface area contributed by atoms with Gasteiger partial charge in [0.05, 0.1) is 33.7 Å². The van der Waals surface area contributed by atoms with Crippen molar-refractivity contribution < 1.29 is 22.7 Å². The molecule has 31 heavy (non-hydrogen) atoms. The molecule has 0 aliphatic carbocycles. The molecule has 1 aliphatic heterocycles. The zero-order valence-corrected chi connectivity index (χ0v) is 17.3. The maximum Gasteiger partial charge on any atom is 0.286 e. The van der Waals surface area contributed by atoms with Crippen molar-refractivity contribution in [3.05, 3.63) is 79.4 Å². The molecule has 4 heterocycles. The molecule has 2 atom stereocenters. The van der Waals surface area contributed by atoms with E-state index in [4.69, 9.17) is 16.3 Å².